The fourth-order valence-corrected chi connectivity index (χ4v) is 3.76. The smallest absolute Gasteiger partial charge is 0.508 e. The summed E-state index contributed by atoms with van der Waals surface area (Å²) in [4.78, 5) is 13.0. The lowest BCUT2D eigenvalue weighted by Gasteiger charge is -2.39. The molecule has 0 saturated carbocycles. The van der Waals surface area contributed by atoms with Crippen LogP contribution in [0, 0.1) is 5.92 Å². The minimum Gasteiger partial charge on any atom is -0.508 e. The highest BCUT2D eigenvalue weighted by Gasteiger charge is 2.46. The number of hydrogen-bond donors (Lipinski definition) is 2. The Balaban J connectivity index is 1.89. The number of carbonyl (C=O) groups is 1. The Morgan fingerprint density at radius 3 is 2.52 bits per heavy atom. The summed E-state index contributed by atoms with van der Waals surface area (Å²) in [7, 11) is -5.55. The van der Waals surface area contributed by atoms with Crippen LogP contribution in [0.5, 0.6) is 11.5 Å². The van der Waals surface area contributed by atoms with Crippen molar-refractivity contribution in [2.24, 2.45) is 5.92 Å². The van der Waals surface area contributed by atoms with Crippen molar-refractivity contribution in [1.29, 1.82) is 0 Å². The molecule has 1 aliphatic rings. The predicted octanol–water partition coefficient (Wildman–Crippen LogP) is 3.87. The van der Waals surface area contributed by atoms with E-state index in [4.69, 9.17) is 4.74 Å². The van der Waals surface area contributed by atoms with E-state index in [9.17, 15) is 31.5 Å². The molecule has 1 aliphatic heterocycles. The molecule has 1 atom stereocenters. The number of fused-ring (bicyclic) bond motifs is 1. The molecule has 2 aromatic rings. The van der Waals surface area contributed by atoms with E-state index in [1.54, 1.807) is 19.9 Å². The van der Waals surface area contributed by atoms with Crippen LogP contribution in [0.4, 0.5) is 18.9 Å². The normalized spacial score (nSPS) is 18.7. The second kappa shape index (κ2) is 6.94. The number of benzene rings is 2. The number of sulfonamides is 1. The molecule has 0 fully saturated rings. The van der Waals surface area contributed by atoms with Crippen LogP contribution in [-0.4, -0.2) is 30.4 Å². The number of Topliss-reactive ketones (excluding diaryl/α,β-unsaturated/α-hetero) is 1. The maximum absolute atomic E-state index is 13.0. The van der Waals surface area contributed by atoms with Crippen LogP contribution < -0.4 is 9.46 Å². The van der Waals surface area contributed by atoms with Gasteiger partial charge in [0, 0.05) is 5.69 Å². The number of ether oxygens (including phenoxy) is 1. The first kappa shape index (κ1) is 21.0. The van der Waals surface area contributed by atoms with Crippen LogP contribution in [0.25, 0.3) is 0 Å². The van der Waals surface area contributed by atoms with Crippen LogP contribution >= 0.6 is 0 Å². The number of anilines is 1. The quantitative estimate of drug-likeness (QED) is 0.770. The lowest BCUT2D eigenvalue weighted by atomic mass is 9.77. The summed E-state index contributed by atoms with van der Waals surface area (Å²) >= 11 is 0. The lowest BCUT2D eigenvalue weighted by molar-refractivity contribution is -0.0429. The molecular formula is C19H18F3NO5S. The van der Waals surface area contributed by atoms with Gasteiger partial charge in [-0.1, -0.05) is 12.1 Å². The number of nitrogens with one attached hydrogen (secondary N) is 1. The molecule has 2 N–H and O–H groups in total. The monoisotopic (exact) mass is 429 g/mol. The van der Waals surface area contributed by atoms with Gasteiger partial charge in [-0.15, -0.1) is 0 Å². The zero-order valence-electron chi connectivity index (χ0n) is 15.4. The first-order valence-corrected chi connectivity index (χ1v) is 10.0. The van der Waals surface area contributed by atoms with Crippen molar-refractivity contribution in [2.45, 2.75) is 31.4 Å². The number of hydrogen-bond acceptors (Lipinski definition) is 5. The van der Waals surface area contributed by atoms with E-state index in [0.29, 0.717) is 11.3 Å². The van der Waals surface area contributed by atoms with Gasteiger partial charge in [-0.05, 0) is 56.2 Å². The lowest BCUT2D eigenvalue weighted by Crippen LogP contribution is -2.47. The van der Waals surface area contributed by atoms with Gasteiger partial charge in [0.1, 0.15) is 17.1 Å². The summed E-state index contributed by atoms with van der Waals surface area (Å²) < 4.78 is 67.8. The average Bonchev–Trinajstić information content (AvgIpc) is 2.58. The summed E-state index contributed by atoms with van der Waals surface area (Å²) in [6.45, 7) is 3.42. The molecule has 0 saturated heterocycles. The molecule has 156 valence electrons. The van der Waals surface area contributed by atoms with E-state index >= 15 is 0 Å². The van der Waals surface area contributed by atoms with Crippen molar-refractivity contribution >= 4 is 21.5 Å². The maximum Gasteiger partial charge on any atom is 0.516 e. The number of halogens is 3. The van der Waals surface area contributed by atoms with Crippen LogP contribution in [-0.2, 0) is 16.4 Å². The fraction of sp³-hybridized carbons (Fsp3) is 0.316. The minimum absolute atomic E-state index is 0.0947. The van der Waals surface area contributed by atoms with Gasteiger partial charge < -0.3 is 9.84 Å². The van der Waals surface area contributed by atoms with Gasteiger partial charge in [-0.2, -0.15) is 21.6 Å². The Kier molecular flexibility index (Phi) is 5.02. The molecule has 0 spiro atoms. The Hall–Kier alpha value is -2.75. The highest BCUT2D eigenvalue weighted by atomic mass is 32.2. The zero-order chi connectivity index (χ0) is 21.6. The van der Waals surface area contributed by atoms with Crippen molar-refractivity contribution in [3.8, 4) is 11.5 Å². The number of carbonyl (C=O) groups excluding carboxylic acids is 1. The van der Waals surface area contributed by atoms with Gasteiger partial charge in [-0.3, -0.25) is 9.52 Å². The summed E-state index contributed by atoms with van der Waals surface area (Å²) in [5, 5.41) is 9.66. The molecule has 29 heavy (non-hydrogen) atoms. The highest BCUT2D eigenvalue weighted by molar-refractivity contribution is 7.93. The molecular weight excluding hydrogens is 411 g/mol. The molecule has 0 aliphatic carbocycles. The van der Waals surface area contributed by atoms with Crippen molar-refractivity contribution in [3.05, 3.63) is 53.6 Å². The summed E-state index contributed by atoms with van der Waals surface area (Å²) in [5.74, 6) is -0.747. The Morgan fingerprint density at radius 1 is 1.17 bits per heavy atom. The molecule has 1 heterocycles. The SMILES string of the molecule is CC1(C)Oc2ccc(O)cc2C(=O)C1Cc1cccc(NS(=O)(=O)C(F)(F)F)c1. The summed E-state index contributed by atoms with van der Waals surface area (Å²) in [5.41, 5.74) is -5.97. The van der Waals surface area contributed by atoms with Crippen molar-refractivity contribution in [1.82, 2.24) is 0 Å². The van der Waals surface area contributed by atoms with Crippen LogP contribution in [0.2, 0.25) is 0 Å². The molecule has 6 nitrogen and oxygen atoms in total. The standard InChI is InChI=1S/C19H18F3NO5S/c1-18(2)15(17(25)14-10-13(24)6-7-16(14)28-18)9-11-4-3-5-12(8-11)23-29(26,27)19(20,21)22/h3-8,10,15,23-24H,9H2,1-2H3. The first-order valence-electron chi connectivity index (χ1n) is 8.54. The van der Waals surface area contributed by atoms with Crippen LogP contribution in [0.1, 0.15) is 29.8 Å². The summed E-state index contributed by atoms with van der Waals surface area (Å²) in [6, 6.07) is 9.59. The van der Waals surface area contributed by atoms with E-state index in [1.807, 2.05) is 0 Å². The molecule has 3 rings (SSSR count). The second-order valence-electron chi connectivity index (χ2n) is 7.26. The third-order valence-corrected chi connectivity index (χ3v) is 5.79. The highest BCUT2D eigenvalue weighted by Crippen LogP contribution is 2.40. The van der Waals surface area contributed by atoms with Gasteiger partial charge in [0.25, 0.3) is 0 Å². The Labute approximate surface area is 165 Å². The molecule has 0 bridgehead atoms. The number of phenols is 1. The van der Waals surface area contributed by atoms with Gasteiger partial charge in [-0.25, -0.2) is 0 Å². The fourth-order valence-electron chi connectivity index (χ4n) is 3.21. The predicted molar refractivity (Wildman–Crippen MR) is 99.4 cm³/mol. The zero-order valence-corrected chi connectivity index (χ0v) is 16.3. The Bertz CT molecular complexity index is 1060. The van der Waals surface area contributed by atoms with E-state index in [0.717, 1.165) is 0 Å². The number of aromatic hydroxyl groups is 1. The average molecular weight is 429 g/mol. The number of rotatable bonds is 4. The number of alkyl halides is 3. The molecule has 10 heteroatoms. The Morgan fingerprint density at radius 2 is 1.86 bits per heavy atom. The molecule has 0 aromatic heterocycles. The van der Waals surface area contributed by atoms with E-state index in [2.05, 4.69) is 0 Å². The molecule has 0 radical (unpaired) electrons. The van der Waals surface area contributed by atoms with Gasteiger partial charge in [0.2, 0.25) is 0 Å². The van der Waals surface area contributed by atoms with Gasteiger partial charge >= 0.3 is 15.5 Å². The number of ketones is 1. The molecule has 1 unspecified atom stereocenters. The molecule has 0 amide bonds. The van der Waals surface area contributed by atoms with Crippen LogP contribution in [0.3, 0.4) is 0 Å². The summed E-state index contributed by atoms with van der Waals surface area (Å²) in [6.07, 6.45) is 0.0997. The van der Waals surface area contributed by atoms with Crippen molar-refractivity contribution in [3.63, 3.8) is 0 Å². The van der Waals surface area contributed by atoms with Crippen molar-refractivity contribution < 1.29 is 36.2 Å². The minimum atomic E-state index is -5.55. The van der Waals surface area contributed by atoms with Gasteiger partial charge in [0.15, 0.2) is 5.78 Å². The van der Waals surface area contributed by atoms with E-state index < -0.39 is 27.1 Å². The topological polar surface area (TPSA) is 92.7 Å². The first-order chi connectivity index (χ1) is 13.3. The van der Waals surface area contributed by atoms with Crippen molar-refractivity contribution in [2.75, 3.05) is 4.72 Å². The number of phenolic OH excluding ortho intramolecular Hbond substituents is 1. The largest absolute Gasteiger partial charge is 0.516 e. The maximum atomic E-state index is 13.0. The second-order valence-corrected chi connectivity index (χ2v) is 8.93. The van der Waals surface area contributed by atoms with Gasteiger partial charge in [0.05, 0.1) is 11.5 Å². The van der Waals surface area contributed by atoms with E-state index in [-0.39, 0.29) is 29.2 Å². The third-order valence-electron chi connectivity index (χ3n) is 4.68. The molecule has 2 aromatic carbocycles. The van der Waals surface area contributed by atoms with E-state index in [1.165, 1.54) is 41.1 Å². The van der Waals surface area contributed by atoms with Crippen LogP contribution in [0.15, 0.2) is 42.5 Å². The third kappa shape index (κ3) is 4.16.